The van der Waals surface area contributed by atoms with Gasteiger partial charge in [-0.1, -0.05) is 15.9 Å². The molecular formula is C11H10BrFN2S. The van der Waals surface area contributed by atoms with Crippen LogP contribution in [0.1, 0.15) is 6.92 Å². The number of hydrogen-bond acceptors (Lipinski definition) is 3. The summed E-state index contributed by atoms with van der Waals surface area (Å²) in [6.07, 6.45) is 0. The van der Waals surface area contributed by atoms with E-state index < -0.39 is 0 Å². The number of halogens is 2. The van der Waals surface area contributed by atoms with Crippen molar-refractivity contribution in [1.82, 2.24) is 4.98 Å². The summed E-state index contributed by atoms with van der Waals surface area (Å²) in [5, 5.41) is 5.77. The number of nitrogens with zero attached hydrogens (tertiary/aromatic N) is 1. The molecule has 1 aromatic heterocycles. The number of benzene rings is 1. The molecule has 0 fully saturated rings. The first-order valence-electron chi connectivity index (χ1n) is 4.85. The number of thiazole rings is 1. The van der Waals surface area contributed by atoms with Gasteiger partial charge in [0.15, 0.2) is 5.13 Å². The molecule has 2 aromatic rings. The smallest absolute Gasteiger partial charge is 0.183 e. The van der Waals surface area contributed by atoms with Crippen LogP contribution >= 0.6 is 27.3 Å². The zero-order chi connectivity index (χ0) is 11.5. The van der Waals surface area contributed by atoms with Crippen molar-refractivity contribution in [2.45, 2.75) is 6.92 Å². The van der Waals surface area contributed by atoms with Crippen LogP contribution in [0.25, 0.3) is 11.3 Å². The average Bonchev–Trinajstić information content (AvgIpc) is 2.71. The van der Waals surface area contributed by atoms with Crippen LogP contribution in [0, 0.1) is 5.82 Å². The van der Waals surface area contributed by atoms with Gasteiger partial charge in [-0.05, 0) is 25.1 Å². The minimum absolute atomic E-state index is 0.253. The SMILES string of the molecule is CCNc1nc(-c2cc(Br)ccc2F)cs1. The molecule has 1 N–H and O–H groups in total. The molecule has 16 heavy (non-hydrogen) atoms. The van der Waals surface area contributed by atoms with E-state index in [4.69, 9.17) is 0 Å². The summed E-state index contributed by atoms with van der Waals surface area (Å²) in [6, 6.07) is 4.85. The van der Waals surface area contributed by atoms with Gasteiger partial charge in [0.1, 0.15) is 5.82 Å². The second-order valence-electron chi connectivity index (χ2n) is 3.19. The van der Waals surface area contributed by atoms with Crippen molar-refractivity contribution in [3.63, 3.8) is 0 Å². The molecule has 1 heterocycles. The van der Waals surface area contributed by atoms with E-state index in [0.717, 1.165) is 16.1 Å². The van der Waals surface area contributed by atoms with Crippen LogP contribution in [-0.4, -0.2) is 11.5 Å². The van der Waals surface area contributed by atoms with Gasteiger partial charge >= 0.3 is 0 Å². The molecule has 0 bridgehead atoms. The van der Waals surface area contributed by atoms with Crippen LogP contribution < -0.4 is 5.32 Å². The molecule has 0 aliphatic carbocycles. The van der Waals surface area contributed by atoms with E-state index in [2.05, 4.69) is 26.2 Å². The predicted molar refractivity (Wildman–Crippen MR) is 69.4 cm³/mol. The molecule has 0 saturated carbocycles. The molecule has 2 rings (SSSR count). The number of aromatic nitrogens is 1. The highest BCUT2D eigenvalue weighted by Crippen LogP contribution is 2.29. The first-order valence-corrected chi connectivity index (χ1v) is 6.53. The lowest BCUT2D eigenvalue weighted by Gasteiger charge is -2.00. The third-order valence-corrected chi connectivity index (χ3v) is 3.33. The standard InChI is InChI=1S/C11H10BrFN2S/c1-2-14-11-15-10(6-16-11)8-5-7(12)3-4-9(8)13/h3-6H,2H2,1H3,(H,14,15). The zero-order valence-corrected chi connectivity index (χ0v) is 11.0. The Hall–Kier alpha value is -0.940. The van der Waals surface area contributed by atoms with Gasteiger partial charge in [-0.25, -0.2) is 9.37 Å². The Labute approximate surface area is 106 Å². The minimum Gasteiger partial charge on any atom is -0.362 e. The van der Waals surface area contributed by atoms with Crippen LogP contribution in [0.2, 0.25) is 0 Å². The predicted octanol–water partition coefficient (Wildman–Crippen LogP) is 4.14. The van der Waals surface area contributed by atoms with E-state index >= 15 is 0 Å². The van der Waals surface area contributed by atoms with Gasteiger partial charge in [0.05, 0.1) is 5.69 Å². The number of rotatable bonds is 3. The Bertz CT molecular complexity index is 498. The van der Waals surface area contributed by atoms with Crippen molar-refractivity contribution >= 4 is 32.4 Å². The lowest BCUT2D eigenvalue weighted by Crippen LogP contribution is -1.95. The van der Waals surface area contributed by atoms with Crippen molar-refractivity contribution < 1.29 is 4.39 Å². The summed E-state index contributed by atoms with van der Waals surface area (Å²) in [5.41, 5.74) is 1.19. The molecule has 0 amide bonds. The first kappa shape index (κ1) is 11.5. The fourth-order valence-corrected chi connectivity index (χ4v) is 2.47. The van der Waals surface area contributed by atoms with Crippen molar-refractivity contribution in [1.29, 1.82) is 0 Å². The number of anilines is 1. The Morgan fingerprint density at radius 1 is 1.50 bits per heavy atom. The average molecular weight is 301 g/mol. The van der Waals surface area contributed by atoms with Gasteiger partial charge in [-0.2, -0.15) is 0 Å². The molecule has 0 unspecified atom stereocenters. The Balaban J connectivity index is 2.38. The third-order valence-electron chi connectivity index (χ3n) is 2.04. The monoisotopic (exact) mass is 300 g/mol. The maximum absolute atomic E-state index is 13.6. The first-order chi connectivity index (χ1) is 7.70. The molecule has 0 aliphatic rings. The topological polar surface area (TPSA) is 24.9 Å². The van der Waals surface area contributed by atoms with Crippen LogP contribution in [0.4, 0.5) is 9.52 Å². The normalized spacial score (nSPS) is 10.4. The van der Waals surface area contributed by atoms with E-state index in [1.54, 1.807) is 12.1 Å². The van der Waals surface area contributed by atoms with E-state index in [1.165, 1.54) is 17.4 Å². The Morgan fingerprint density at radius 2 is 2.31 bits per heavy atom. The fraction of sp³-hybridized carbons (Fsp3) is 0.182. The van der Waals surface area contributed by atoms with Gasteiger partial charge < -0.3 is 5.32 Å². The highest BCUT2D eigenvalue weighted by Gasteiger charge is 2.09. The Morgan fingerprint density at radius 3 is 3.06 bits per heavy atom. The summed E-state index contributed by atoms with van der Waals surface area (Å²) in [4.78, 5) is 4.32. The second kappa shape index (κ2) is 4.93. The molecule has 0 atom stereocenters. The lowest BCUT2D eigenvalue weighted by atomic mass is 10.2. The van der Waals surface area contributed by atoms with Crippen molar-refractivity contribution in [3.8, 4) is 11.3 Å². The van der Waals surface area contributed by atoms with E-state index in [0.29, 0.717) is 11.3 Å². The zero-order valence-electron chi connectivity index (χ0n) is 8.63. The summed E-state index contributed by atoms with van der Waals surface area (Å²) in [6.45, 7) is 2.81. The number of nitrogens with one attached hydrogen (secondary N) is 1. The van der Waals surface area contributed by atoms with E-state index in [9.17, 15) is 4.39 Å². The molecule has 0 saturated heterocycles. The molecule has 2 nitrogen and oxygen atoms in total. The summed E-state index contributed by atoms with van der Waals surface area (Å²) >= 11 is 4.80. The molecule has 5 heteroatoms. The van der Waals surface area contributed by atoms with Gasteiger partial charge in [0, 0.05) is 22.0 Å². The highest BCUT2D eigenvalue weighted by molar-refractivity contribution is 9.10. The third kappa shape index (κ3) is 2.41. The quantitative estimate of drug-likeness (QED) is 0.921. The van der Waals surface area contributed by atoms with Crippen molar-refractivity contribution in [3.05, 3.63) is 33.9 Å². The molecule has 0 spiro atoms. The van der Waals surface area contributed by atoms with Crippen LogP contribution in [0.5, 0.6) is 0 Å². The lowest BCUT2D eigenvalue weighted by molar-refractivity contribution is 0.630. The maximum Gasteiger partial charge on any atom is 0.183 e. The van der Waals surface area contributed by atoms with Crippen LogP contribution in [0.3, 0.4) is 0 Å². The molecule has 0 aliphatic heterocycles. The molecule has 84 valence electrons. The van der Waals surface area contributed by atoms with Gasteiger partial charge in [-0.3, -0.25) is 0 Å². The summed E-state index contributed by atoms with van der Waals surface area (Å²) in [7, 11) is 0. The fourth-order valence-electron chi connectivity index (χ4n) is 1.32. The summed E-state index contributed by atoms with van der Waals surface area (Å²) in [5.74, 6) is -0.253. The maximum atomic E-state index is 13.6. The van der Waals surface area contributed by atoms with Crippen molar-refractivity contribution in [2.75, 3.05) is 11.9 Å². The second-order valence-corrected chi connectivity index (χ2v) is 4.97. The molecule has 0 radical (unpaired) electrons. The van der Waals surface area contributed by atoms with Gasteiger partial charge in [0.25, 0.3) is 0 Å². The number of hydrogen-bond donors (Lipinski definition) is 1. The van der Waals surface area contributed by atoms with E-state index in [-0.39, 0.29) is 5.82 Å². The van der Waals surface area contributed by atoms with Crippen LogP contribution in [0.15, 0.2) is 28.1 Å². The van der Waals surface area contributed by atoms with Crippen molar-refractivity contribution in [2.24, 2.45) is 0 Å². The minimum atomic E-state index is -0.253. The van der Waals surface area contributed by atoms with Gasteiger partial charge in [-0.15, -0.1) is 11.3 Å². The van der Waals surface area contributed by atoms with E-state index in [1.807, 2.05) is 12.3 Å². The molecular weight excluding hydrogens is 291 g/mol. The van der Waals surface area contributed by atoms with Gasteiger partial charge in [0.2, 0.25) is 0 Å². The summed E-state index contributed by atoms with van der Waals surface area (Å²) < 4.78 is 14.4. The highest BCUT2D eigenvalue weighted by atomic mass is 79.9. The molecule has 1 aromatic carbocycles. The largest absolute Gasteiger partial charge is 0.362 e. The van der Waals surface area contributed by atoms with Crippen LogP contribution in [-0.2, 0) is 0 Å². The Kier molecular flexibility index (Phi) is 3.56.